The third-order valence-corrected chi connectivity index (χ3v) is 5.37. The fraction of sp³-hybridized carbons (Fsp3) is 0.238. The molecule has 0 atom stereocenters. The highest BCUT2D eigenvalue weighted by Gasteiger charge is 2.37. The maximum Gasteiger partial charge on any atom is 0.328 e. The van der Waals surface area contributed by atoms with E-state index in [1.807, 2.05) is 18.2 Å². The van der Waals surface area contributed by atoms with Gasteiger partial charge in [-0.25, -0.2) is 19.2 Å². The maximum atomic E-state index is 13.7. The van der Waals surface area contributed by atoms with E-state index >= 15 is 0 Å². The first-order valence-electron chi connectivity index (χ1n) is 9.57. The van der Waals surface area contributed by atoms with Crippen molar-refractivity contribution in [2.24, 2.45) is 0 Å². The summed E-state index contributed by atoms with van der Waals surface area (Å²) in [6, 6.07) is 10.4. The van der Waals surface area contributed by atoms with Gasteiger partial charge < -0.3 is 4.90 Å². The lowest BCUT2D eigenvalue weighted by Gasteiger charge is -2.31. The number of anilines is 3. The first kappa shape index (κ1) is 17.5. The normalized spacial score (nSPS) is 15.8. The molecule has 3 aliphatic rings. The summed E-state index contributed by atoms with van der Waals surface area (Å²) in [6.45, 7) is 1.74. The largest absolute Gasteiger partial charge is 0.368 e. The number of urea groups is 1. The SMILES string of the molecule is O=C(Nc1ccccn1)N1c2nc(-c3cncc(F)c3)ccc2N2CCC1CC2. The minimum absolute atomic E-state index is 0.0459. The summed E-state index contributed by atoms with van der Waals surface area (Å²) >= 11 is 0. The highest BCUT2D eigenvalue weighted by Crippen LogP contribution is 2.39. The van der Waals surface area contributed by atoms with E-state index in [2.05, 4.69) is 20.2 Å². The Bertz CT molecular complexity index is 1050. The zero-order valence-electron chi connectivity index (χ0n) is 15.6. The van der Waals surface area contributed by atoms with E-state index in [0.717, 1.165) is 37.8 Å². The number of hydrogen-bond acceptors (Lipinski definition) is 5. The van der Waals surface area contributed by atoms with Crippen molar-refractivity contribution in [2.45, 2.75) is 18.9 Å². The fourth-order valence-electron chi connectivity index (χ4n) is 3.98. The van der Waals surface area contributed by atoms with E-state index in [4.69, 9.17) is 4.98 Å². The molecule has 1 N–H and O–H groups in total. The molecule has 6 rings (SSSR count). The summed E-state index contributed by atoms with van der Waals surface area (Å²) < 4.78 is 13.7. The van der Waals surface area contributed by atoms with E-state index in [-0.39, 0.29) is 12.1 Å². The lowest BCUT2D eigenvalue weighted by atomic mass is 10.1. The standard InChI is InChI=1S/C21H19FN6O/c22-15-11-14(12-23-13-15)17-4-5-18-20(25-17)28(16-6-9-27(18)10-7-16)21(29)26-19-3-1-2-8-24-19/h1-5,8,11-13,16H,6-7,9-10H2,(H,24,26,29). The number of halogens is 1. The summed E-state index contributed by atoms with van der Waals surface area (Å²) in [6.07, 6.45) is 6.09. The van der Waals surface area contributed by atoms with E-state index in [1.54, 1.807) is 29.4 Å². The number of carbonyl (C=O) groups excluding carboxylic acids is 1. The molecule has 0 spiro atoms. The summed E-state index contributed by atoms with van der Waals surface area (Å²) in [4.78, 5) is 30.1. The Morgan fingerprint density at radius 2 is 2.00 bits per heavy atom. The number of carbonyl (C=O) groups is 1. The Morgan fingerprint density at radius 3 is 2.76 bits per heavy atom. The molecule has 0 saturated carbocycles. The molecule has 2 amide bonds. The van der Waals surface area contributed by atoms with Gasteiger partial charge in [-0.05, 0) is 43.2 Å². The minimum Gasteiger partial charge on any atom is -0.368 e. The van der Waals surface area contributed by atoms with Gasteiger partial charge in [0.1, 0.15) is 11.6 Å². The Labute approximate surface area is 167 Å². The molecule has 0 aliphatic carbocycles. The second kappa shape index (κ2) is 7.12. The van der Waals surface area contributed by atoms with Crippen LogP contribution in [0.1, 0.15) is 12.8 Å². The van der Waals surface area contributed by atoms with E-state index < -0.39 is 5.82 Å². The highest BCUT2D eigenvalue weighted by molar-refractivity contribution is 6.03. The molecule has 1 fully saturated rings. The maximum absolute atomic E-state index is 13.7. The number of amides is 2. The smallest absolute Gasteiger partial charge is 0.328 e. The number of nitrogens with zero attached hydrogens (tertiary/aromatic N) is 5. The monoisotopic (exact) mass is 390 g/mol. The van der Waals surface area contributed by atoms with Gasteiger partial charge in [0.2, 0.25) is 0 Å². The van der Waals surface area contributed by atoms with Gasteiger partial charge in [0.25, 0.3) is 0 Å². The lowest BCUT2D eigenvalue weighted by Crippen LogP contribution is -2.46. The van der Waals surface area contributed by atoms with Gasteiger partial charge in [-0.1, -0.05) is 6.07 Å². The van der Waals surface area contributed by atoms with Gasteiger partial charge in [0.15, 0.2) is 5.82 Å². The Morgan fingerprint density at radius 1 is 1.14 bits per heavy atom. The van der Waals surface area contributed by atoms with Crippen molar-refractivity contribution in [1.29, 1.82) is 0 Å². The summed E-state index contributed by atoms with van der Waals surface area (Å²) in [5.41, 5.74) is 2.06. The first-order valence-corrected chi connectivity index (χ1v) is 9.57. The summed E-state index contributed by atoms with van der Waals surface area (Å²) in [7, 11) is 0. The van der Waals surface area contributed by atoms with Gasteiger partial charge in [-0.3, -0.25) is 15.2 Å². The van der Waals surface area contributed by atoms with E-state index in [9.17, 15) is 9.18 Å². The molecule has 3 aliphatic heterocycles. The van der Waals surface area contributed by atoms with Crippen LogP contribution in [0.3, 0.4) is 0 Å². The Hall–Kier alpha value is -3.55. The van der Waals surface area contributed by atoms with Crippen molar-refractivity contribution in [3.8, 4) is 11.3 Å². The average molecular weight is 390 g/mol. The van der Waals surface area contributed by atoms with Gasteiger partial charge in [-0.2, -0.15) is 0 Å². The van der Waals surface area contributed by atoms with Crippen molar-refractivity contribution < 1.29 is 9.18 Å². The molecule has 146 valence electrons. The lowest BCUT2D eigenvalue weighted by molar-refractivity contribution is 0.253. The zero-order chi connectivity index (χ0) is 19.8. The molecule has 0 unspecified atom stereocenters. The topological polar surface area (TPSA) is 74.2 Å². The fourth-order valence-corrected chi connectivity index (χ4v) is 3.98. The van der Waals surface area contributed by atoms with Crippen LogP contribution in [0, 0.1) is 5.82 Å². The molecular formula is C21H19FN6O. The van der Waals surface area contributed by atoms with Crippen molar-refractivity contribution >= 4 is 23.4 Å². The predicted octanol–water partition coefficient (Wildman–Crippen LogP) is 3.70. The van der Waals surface area contributed by atoms with Gasteiger partial charge in [-0.15, -0.1) is 0 Å². The molecule has 3 aromatic rings. The van der Waals surface area contributed by atoms with Crippen LogP contribution in [0.2, 0.25) is 0 Å². The number of aromatic nitrogens is 3. The van der Waals surface area contributed by atoms with Crippen LogP contribution in [-0.2, 0) is 0 Å². The number of piperidine rings is 1. The molecule has 0 aromatic carbocycles. The molecule has 29 heavy (non-hydrogen) atoms. The zero-order valence-corrected chi connectivity index (χ0v) is 15.6. The Balaban J connectivity index is 1.57. The van der Waals surface area contributed by atoms with Crippen LogP contribution < -0.4 is 15.1 Å². The molecule has 1 saturated heterocycles. The van der Waals surface area contributed by atoms with Crippen LogP contribution in [-0.4, -0.2) is 40.1 Å². The first-order chi connectivity index (χ1) is 14.2. The predicted molar refractivity (Wildman–Crippen MR) is 108 cm³/mol. The van der Waals surface area contributed by atoms with Crippen LogP contribution in [0.4, 0.5) is 26.5 Å². The van der Waals surface area contributed by atoms with Crippen molar-refractivity contribution in [1.82, 2.24) is 15.0 Å². The van der Waals surface area contributed by atoms with E-state index in [1.165, 1.54) is 6.07 Å². The third kappa shape index (κ3) is 3.26. The summed E-state index contributed by atoms with van der Waals surface area (Å²) in [5, 5.41) is 2.88. The number of rotatable bonds is 2. The third-order valence-electron chi connectivity index (χ3n) is 5.37. The van der Waals surface area contributed by atoms with Crippen LogP contribution >= 0.6 is 0 Å². The number of fused-ring (bicyclic) bond motifs is 2. The summed E-state index contributed by atoms with van der Waals surface area (Å²) in [5.74, 6) is 0.650. The van der Waals surface area contributed by atoms with Crippen LogP contribution in [0.15, 0.2) is 55.0 Å². The minimum atomic E-state index is -0.423. The second-order valence-electron chi connectivity index (χ2n) is 7.16. The molecule has 7 nitrogen and oxygen atoms in total. The number of pyridine rings is 3. The number of nitrogens with one attached hydrogen (secondary N) is 1. The Kier molecular flexibility index (Phi) is 4.31. The van der Waals surface area contributed by atoms with Crippen molar-refractivity contribution in [3.05, 3.63) is 60.8 Å². The molecule has 0 radical (unpaired) electrons. The van der Waals surface area contributed by atoms with Gasteiger partial charge >= 0.3 is 6.03 Å². The van der Waals surface area contributed by atoms with E-state index in [0.29, 0.717) is 22.9 Å². The molecular weight excluding hydrogens is 371 g/mol. The molecule has 8 heteroatoms. The average Bonchev–Trinajstić information content (AvgIpc) is 3.00. The van der Waals surface area contributed by atoms with Crippen molar-refractivity contribution in [2.75, 3.05) is 28.2 Å². The van der Waals surface area contributed by atoms with Crippen molar-refractivity contribution in [3.63, 3.8) is 0 Å². The van der Waals surface area contributed by atoms with Crippen LogP contribution in [0.5, 0.6) is 0 Å². The second-order valence-corrected chi connectivity index (χ2v) is 7.16. The number of hydrogen-bond donors (Lipinski definition) is 1. The van der Waals surface area contributed by atoms with Crippen LogP contribution in [0.25, 0.3) is 11.3 Å². The highest BCUT2D eigenvalue weighted by atomic mass is 19.1. The molecule has 6 heterocycles. The molecule has 2 bridgehead atoms. The molecule has 3 aromatic heterocycles. The quantitative estimate of drug-likeness (QED) is 0.722. The van der Waals surface area contributed by atoms with Gasteiger partial charge in [0.05, 0.1) is 17.6 Å². The van der Waals surface area contributed by atoms with Gasteiger partial charge in [0, 0.05) is 37.1 Å².